The van der Waals surface area contributed by atoms with E-state index in [1.165, 1.54) is 35.9 Å². The number of hydrogen-bond donors (Lipinski definition) is 3. The van der Waals surface area contributed by atoms with Crippen molar-refractivity contribution in [1.29, 1.82) is 0 Å². The van der Waals surface area contributed by atoms with Crippen LogP contribution in [0.15, 0.2) is 30.3 Å². The van der Waals surface area contributed by atoms with Gasteiger partial charge in [-0.1, -0.05) is 6.07 Å². The summed E-state index contributed by atoms with van der Waals surface area (Å²) in [5.74, 6) is -1.77. The van der Waals surface area contributed by atoms with Gasteiger partial charge < -0.3 is 30.0 Å². The number of nitrogens with zero attached hydrogens (tertiary/aromatic N) is 2. The number of halogens is 6. The Labute approximate surface area is 255 Å². The Balaban J connectivity index is 1.58. The highest BCUT2D eigenvalue weighted by atomic mass is 19.4. The molecule has 4 rings (SSSR count). The third kappa shape index (κ3) is 8.31. The van der Waals surface area contributed by atoms with Crippen molar-refractivity contribution in [2.24, 2.45) is 13.0 Å². The molecule has 1 saturated carbocycles. The molecule has 0 atom stereocenters. The Morgan fingerprint density at radius 1 is 1.00 bits per heavy atom. The van der Waals surface area contributed by atoms with Crippen LogP contribution < -0.4 is 20.7 Å². The highest BCUT2D eigenvalue weighted by molar-refractivity contribution is 6.01. The lowest BCUT2D eigenvalue weighted by molar-refractivity contribution is -0.182. The Hall–Kier alpha value is -4.17. The Morgan fingerprint density at radius 2 is 1.67 bits per heavy atom. The van der Waals surface area contributed by atoms with Crippen LogP contribution in [0.1, 0.15) is 67.9 Å². The molecule has 2 amide bonds. The maximum Gasteiger partial charge on any atom is 0.418 e. The summed E-state index contributed by atoms with van der Waals surface area (Å²) in [6, 6.07) is 5.86. The number of nitrogens with one attached hydrogen (secondary N) is 3. The summed E-state index contributed by atoms with van der Waals surface area (Å²) in [5.41, 5.74) is -0.886. The fourth-order valence-corrected chi connectivity index (χ4v) is 5.17. The molecule has 0 bridgehead atoms. The maximum atomic E-state index is 13.9. The normalized spacial score (nSPS) is 17.6. The molecule has 1 aliphatic carbocycles. The van der Waals surface area contributed by atoms with Gasteiger partial charge in [0.2, 0.25) is 5.95 Å². The van der Waals surface area contributed by atoms with Crippen molar-refractivity contribution in [3.8, 4) is 5.75 Å². The molecule has 1 aromatic heterocycles. The number of fused-ring (bicyclic) bond motifs is 1. The number of alkyl halides is 6. The molecule has 2 aromatic carbocycles. The van der Waals surface area contributed by atoms with E-state index in [4.69, 9.17) is 9.47 Å². The molecule has 0 radical (unpaired) electrons. The molecule has 9 nitrogen and oxygen atoms in total. The molecule has 0 aliphatic heterocycles. The number of carbonyl (C=O) groups is 2. The molecule has 1 fully saturated rings. The van der Waals surface area contributed by atoms with Crippen LogP contribution >= 0.6 is 0 Å². The molecule has 15 heteroatoms. The highest BCUT2D eigenvalue weighted by Crippen LogP contribution is 2.39. The van der Waals surface area contributed by atoms with E-state index in [1.807, 2.05) is 0 Å². The Bertz CT molecular complexity index is 1550. The first kappa shape index (κ1) is 33.7. The van der Waals surface area contributed by atoms with Gasteiger partial charge in [0.25, 0.3) is 5.91 Å². The Kier molecular flexibility index (Phi) is 9.50. The molecule has 3 N–H and O–H groups in total. The summed E-state index contributed by atoms with van der Waals surface area (Å²) in [4.78, 5) is 29.6. The van der Waals surface area contributed by atoms with Gasteiger partial charge in [0.05, 0.1) is 40.9 Å². The van der Waals surface area contributed by atoms with Gasteiger partial charge in [0, 0.05) is 25.7 Å². The second kappa shape index (κ2) is 12.7. The first-order chi connectivity index (χ1) is 20.9. The average molecular weight is 644 g/mol. The number of aromatic nitrogens is 2. The number of carbonyl (C=O) groups excluding carboxylic acids is 2. The number of benzene rings is 2. The minimum absolute atomic E-state index is 0.0258. The van der Waals surface area contributed by atoms with E-state index >= 15 is 0 Å². The summed E-state index contributed by atoms with van der Waals surface area (Å²) in [7, 11) is 2.91. The molecule has 0 saturated heterocycles. The van der Waals surface area contributed by atoms with Gasteiger partial charge in [-0.05, 0) is 70.2 Å². The van der Waals surface area contributed by atoms with Gasteiger partial charge >= 0.3 is 18.4 Å². The minimum Gasteiger partial charge on any atom is -0.496 e. The number of aryl methyl sites for hydroxylation is 1. The number of alkyl carbamates (subject to hydrolysis) is 1. The molecule has 246 valence electrons. The number of hydrogen-bond acceptors (Lipinski definition) is 6. The zero-order chi connectivity index (χ0) is 33.3. The molecule has 1 heterocycles. The number of amides is 2. The second-order valence-electron chi connectivity index (χ2n) is 12.0. The molecule has 1 aliphatic rings. The third-order valence-corrected chi connectivity index (χ3v) is 7.44. The number of imidazole rings is 1. The smallest absolute Gasteiger partial charge is 0.418 e. The fraction of sp³-hybridized carbons (Fsp3) is 0.500. The lowest BCUT2D eigenvalue weighted by atomic mass is 9.85. The summed E-state index contributed by atoms with van der Waals surface area (Å²) in [6.45, 7) is 4.95. The van der Waals surface area contributed by atoms with Gasteiger partial charge in [0.15, 0.2) is 0 Å². The van der Waals surface area contributed by atoms with Crippen molar-refractivity contribution in [3.05, 3.63) is 47.0 Å². The number of ether oxygens (including phenoxy) is 2. The van der Waals surface area contributed by atoms with Crippen molar-refractivity contribution in [2.45, 2.75) is 77.0 Å². The van der Waals surface area contributed by atoms with E-state index in [0.717, 1.165) is 6.07 Å². The molecular weight excluding hydrogens is 608 g/mol. The first-order valence-corrected chi connectivity index (χ1v) is 14.2. The van der Waals surface area contributed by atoms with Crippen LogP contribution in [0.3, 0.4) is 0 Å². The van der Waals surface area contributed by atoms with Crippen LogP contribution in [-0.4, -0.2) is 46.5 Å². The van der Waals surface area contributed by atoms with E-state index in [9.17, 15) is 35.9 Å². The van der Waals surface area contributed by atoms with E-state index < -0.39 is 47.5 Å². The third-order valence-electron chi connectivity index (χ3n) is 7.44. The average Bonchev–Trinajstić information content (AvgIpc) is 3.23. The fourth-order valence-electron chi connectivity index (χ4n) is 5.17. The van der Waals surface area contributed by atoms with Crippen LogP contribution in [0, 0.1) is 5.92 Å². The molecule has 0 unspecified atom stereocenters. The number of rotatable bonds is 7. The lowest BCUT2D eigenvalue weighted by Gasteiger charge is -2.30. The van der Waals surface area contributed by atoms with Gasteiger partial charge in [-0.15, -0.1) is 0 Å². The predicted octanol–water partition coefficient (Wildman–Crippen LogP) is 7.22. The van der Waals surface area contributed by atoms with Gasteiger partial charge in [-0.2, -0.15) is 26.3 Å². The number of methoxy groups -OCH3 is 1. The summed E-state index contributed by atoms with van der Waals surface area (Å²) in [5, 5.41) is 8.01. The van der Waals surface area contributed by atoms with Crippen LogP contribution in [-0.2, 0) is 24.5 Å². The van der Waals surface area contributed by atoms with Crippen LogP contribution in [0.2, 0.25) is 0 Å². The zero-order valence-electron chi connectivity index (χ0n) is 25.4. The van der Waals surface area contributed by atoms with Crippen LogP contribution in [0.4, 0.5) is 42.8 Å². The summed E-state index contributed by atoms with van der Waals surface area (Å²) < 4.78 is 93.0. The lowest BCUT2D eigenvalue weighted by Crippen LogP contribution is -2.40. The quantitative estimate of drug-likeness (QED) is 0.235. The van der Waals surface area contributed by atoms with Crippen LogP contribution in [0.25, 0.3) is 11.0 Å². The van der Waals surface area contributed by atoms with E-state index in [1.54, 1.807) is 27.8 Å². The van der Waals surface area contributed by atoms with Gasteiger partial charge in [-0.25, -0.2) is 9.78 Å². The standard InChI is InChI=1S/C30H35F6N5O4/c1-28(2,3)45-27(43)37-15-16-6-11-20(30(34,35)36)21(12-16)39-26-40-22-13-19(24(44-5)14-23(22)41(26)4)25(42)38-18-9-7-17(8-10-18)29(31,32)33/h6,11-14,17-18H,7-10,15H2,1-5H3,(H,37,43)(H,38,42)(H,39,40)/t17-,18-. The number of anilines is 2. The van der Waals surface area contributed by atoms with E-state index in [2.05, 4.69) is 20.9 Å². The highest BCUT2D eigenvalue weighted by Gasteiger charge is 2.41. The van der Waals surface area contributed by atoms with Crippen molar-refractivity contribution in [3.63, 3.8) is 0 Å². The monoisotopic (exact) mass is 643 g/mol. The van der Waals surface area contributed by atoms with Crippen molar-refractivity contribution >= 4 is 34.7 Å². The van der Waals surface area contributed by atoms with Crippen LogP contribution in [0.5, 0.6) is 5.75 Å². The second-order valence-corrected chi connectivity index (χ2v) is 12.0. The van der Waals surface area contributed by atoms with E-state index in [-0.39, 0.29) is 60.7 Å². The molecule has 45 heavy (non-hydrogen) atoms. The van der Waals surface area contributed by atoms with Gasteiger partial charge in [0.1, 0.15) is 11.4 Å². The zero-order valence-corrected chi connectivity index (χ0v) is 25.4. The maximum absolute atomic E-state index is 13.9. The van der Waals surface area contributed by atoms with Crippen molar-refractivity contribution < 1.29 is 45.4 Å². The first-order valence-electron chi connectivity index (χ1n) is 14.2. The topological polar surface area (TPSA) is 107 Å². The molecule has 3 aromatic rings. The summed E-state index contributed by atoms with van der Waals surface area (Å²) in [6.07, 6.45) is -9.53. The van der Waals surface area contributed by atoms with Crippen molar-refractivity contribution in [1.82, 2.24) is 20.2 Å². The molecule has 0 spiro atoms. The molecular formula is C30H35F6N5O4. The largest absolute Gasteiger partial charge is 0.496 e. The minimum atomic E-state index is -4.71. The van der Waals surface area contributed by atoms with Gasteiger partial charge in [-0.3, -0.25) is 4.79 Å². The summed E-state index contributed by atoms with van der Waals surface area (Å²) >= 11 is 0. The van der Waals surface area contributed by atoms with E-state index in [0.29, 0.717) is 11.1 Å². The predicted molar refractivity (Wildman–Crippen MR) is 154 cm³/mol. The van der Waals surface area contributed by atoms with Crippen molar-refractivity contribution in [2.75, 3.05) is 12.4 Å². The SMILES string of the molecule is COc1cc2c(cc1C(=O)N[C@H]1CC[C@H](C(F)(F)F)CC1)nc(Nc1cc(CNC(=O)OC(C)(C)C)ccc1C(F)(F)F)n2C. The Morgan fingerprint density at radius 3 is 2.24 bits per heavy atom.